The lowest BCUT2D eigenvalue weighted by atomic mass is 10.4. The number of hydrogen-bond acceptors (Lipinski definition) is 3. The molecule has 0 spiro atoms. The smallest absolute Gasteiger partial charge is 0.246 e. The third-order valence-corrected chi connectivity index (χ3v) is 2.54. The van der Waals surface area contributed by atoms with Crippen molar-refractivity contribution < 1.29 is 4.79 Å². The van der Waals surface area contributed by atoms with Crippen LogP contribution in [-0.2, 0) is 11.3 Å². The highest BCUT2D eigenvalue weighted by atomic mass is 79.9. The highest BCUT2D eigenvalue weighted by molar-refractivity contribution is 9.10. The lowest BCUT2D eigenvalue weighted by Gasteiger charge is -2.06. The van der Waals surface area contributed by atoms with Crippen LogP contribution in [0, 0.1) is 0 Å². The number of halogens is 1. The van der Waals surface area contributed by atoms with Crippen LogP contribution in [0.2, 0.25) is 0 Å². The second kappa shape index (κ2) is 4.89. The molecule has 0 saturated carbocycles. The van der Waals surface area contributed by atoms with Gasteiger partial charge in [0, 0.05) is 24.8 Å². The summed E-state index contributed by atoms with van der Waals surface area (Å²) in [6, 6.07) is 3.50. The minimum absolute atomic E-state index is 0.129. The van der Waals surface area contributed by atoms with Crippen LogP contribution in [0.3, 0.4) is 0 Å². The summed E-state index contributed by atoms with van der Waals surface area (Å²) in [5, 5.41) is 6.71. The summed E-state index contributed by atoms with van der Waals surface area (Å²) in [5.41, 5.74) is 0.701. The van der Waals surface area contributed by atoms with Crippen molar-refractivity contribution >= 4 is 27.5 Å². The SMILES string of the molecule is O=C(Cn1cccn1)Nc1ccncc1Br. The van der Waals surface area contributed by atoms with Crippen LogP contribution >= 0.6 is 15.9 Å². The Hall–Kier alpha value is -1.69. The van der Waals surface area contributed by atoms with Gasteiger partial charge in [-0.2, -0.15) is 5.10 Å². The van der Waals surface area contributed by atoms with Gasteiger partial charge in [-0.3, -0.25) is 14.5 Å². The molecule has 2 heterocycles. The summed E-state index contributed by atoms with van der Waals surface area (Å²) in [6.07, 6.45) is 6.62. The highest BCUT2D eigenvalue weighted by Crippen LogP contribution is 2.19. The molecule has 0 saturated heterocycles. The van der Waals surface area contributed by atoms with Crippen LogP contribution < -0.4 is 5.32 Å². The maximum atomic E-state index is 11.6. The molecule has 2 rings (SSSR count). The largest absolute Gasteiger partial charge is 0.323 e. The standard InChI is InChI=1S/C10H9BrN4O/c11-8-6-12-4-2-9(8)14-10(16)7-15-5-1-3-13-15/h1-6H,7H2,(H,12,14,16). The highest BCUT2D eigenvalue weighted by Gasteiger charge is 2.05. The summed E-state index contributed by atoms with van der Waals surface area (Å²) in [7, 11) is 0. The molecule has 0 atom stereocenters. The van der Waals surface area contributed by atoms with E-state index in [0.717, 1.165) is 4.47 Å². The van der Waals surface area contributed by atoms with E-state index in [1.165, 1.54) is 0 Å². The summed E-state index contributed by atoms with van der Waals surface area (Å²) < 4.78 is 2.31. The molecule has 0 aromatic carbocycles. The molecule has 0 fully saturated rings. The molecule has 5 nitrogen and oxygen atoms in total. The molecule has 0 unspecified atom stereocenters. The second-order valence-corrected chi connectivity index (χ2v) is 3.96. The number of aromatic nitrogens is 3. The minimum Gasteiger partial charge on any atom is -0.323 e. The first-order valence-electron chi connectivity index (χ1n) is 4.62. The zero-order valence-corrected chi connectivity index (χ0v) is 9.89. The molecule has 82 valence electrons. The van der Waals surface area contributed by atoms with Gasteiger partial charge in [0.05, 0.1) is 10.2 Å². The normalized spacial score (nSPS) is 10.1. The number of rotatable bonds is 3. The van der Waals surface area contributed by atoms with Gasteiger partial charge >= 0.3 is 0 Å². The van der Waals surface area contributed by atoms with Crippen LogP contribution in [0.1, 0.15) is 0 Å². The van der Waals surface area contributed by atoms with Gasteiger partial charge in [0.25, 0.3) is 0 Å². The number of carbonyl (C=O) groups excluding carboxylic acids is 1. The molecule has 1 amide bonds. The predicted octanol–water partition coefficient (Wildman–Crippen LogP) is 1.68. The van der Waals surface area contributed by atoms with Crippen LogP contribution in [0.5, 0.6) is 0 Å². The first kappa shape index (κ1) is 10.8. The fourth-order valence-electron chi connectivity index (χ4n) is 1.21. The topological polar surface area (TPSA) is 59.8 Å². The van der Waals surface area contributed by atoms with Crippen molar-refractivity contribution in [3.8, 4) is 0 Å². The Balaban J connectivity index is 2.00. The Labute approximate surface area is 101 Å². The lowest BCUT2D eigenvalue weighted by molar-refractivity contribution is -0.116. The van der Waals surface area contributed by atoms with E-state index < -0.39 is 0 Å². The second-order valence-electron chi connectivity index (χ2n) is 3.11. The number of nitrogens with one attached hydrogen (secondary N) is 1. The van der Waals surface area contributed by atoms with E-state index in [1.54, 1.807) is 41.6 Å². The molecule has 1 N–H and O–H groups in total. The monoisotopic (exact) mass is 280 g/mol. The van der Waals surface area contributed by atoms with E-state index in [9.17, 15) is 4.79 Å². The molecule has 16 heavy (non-hydrogen) atoms. The molecule has 6 heteroatoms. The predicted molar refractivity (Wildman–Crippen MR) is 62.8 cm³/mol. The molecule has 0 aliphatic heterocycles. The van der Waals surface area contributed by atoms with Gasteiger partial charge < -0.3 is 5.32 Å². The van der Waals surface area contributed by atoms with Gasteiger partial charge in [0.1, 0.15) is 6.54 Å². The van der Waals surface area contributed by atoms with Crippen molar-refractivity contribution in [2.45, 2.75) is 6.54 Å². The van der Waals surface area contributed by atoms with E-state index in [2.05, 4.69) is 31.3 Å². The molecule has 0 aliphatic rings. The van der Waals surface area contributed by atoms with Gasteiger partial charge in [0.2, 0.25) is 5.91 Å². The van der Waals surface area contributed by atoms with Crippen molar-refractivity contribution in [3.63, 3.8) is 0 Å². The van der Waals surface area contributed by atoms with Crippen molar-refractivity contribution in [2.75, 3.05) is 5.32 Å². The quantitative estimate of drug-likeness (QED) is 0.931. The maximum Gasteiger partial charge on any atom is 0.246 e. The third kappa shape index (κ3) is 2.66. The molecule has 0 bridgehead atoms. The Morgan fingerprint density at radius 3 is 3.06 bits per heavy atom. The van der Waals surface area contributed by atoms with Gasteiger partial charge in [-0.05, 0) is 28.1 Å². The van der Waals surface area contributed by atoms with Crippen LogP contribution in [0.4, 0.5) is 5.69 Å². The molecule has 2 aromatic rings. The van der Waals surface area contributed by atoms with E-state index in [0.29, 0.717) is 5.69 Å². The average molecular weight is 281 g/mol. The van der Waals surface area contributed by atoms with Crippen LogP contribution in [0.15, 0.2) is 41.4 Å². The Bertz CT molecular complexity index is 483. The Morgan fingerprint density at radius 2 is 2.38 bits per heavy atom. The van der Waals surface area contributed by atoms with E-state index in [1.807, 2.05) is 0 Å². The Kier molecular flexibility index (Phi) is 3.31. The van der Waals surface area contributed by atoms with Gasteiger partial charge in [-0.25, -0.2) is 0 Å². The van der Waals surface area contributed by atoms with Crippen molar-refractivity contribution in [1.29, 1.82) is 0 Å². The van der Waals surface area contributed by atoms with Crippen LogP contribution in [-0.4, -0.2) is 20.7 Å². The van der Waals surface area contributed by atoms with Crippen molar-refractivity contribution in [3.05, 3.63) is 41.4 Å². The van der Waals surface area contributed by atoms with Gasteiger partial charge in [-0.15, -0.1) is 0 Å². The number of nitrogens with zero attached hydrogens (tertiary/aromatic N) is 3. The molecule has 0 radical (unpaired) electrons. The fourth-order valence-corrected chi connectivity index (χ4v) is 1.56. The van der Waals surface area contributed by atoms with Gasteiger partial charge in [-0.1, -0.05) is 0 Å². The number of carbonyl (C=O) groups is 1. The van der Waals surface area contributed by atoms with Crippen molar-refractivity contribution in [2.24, 2.45) is 0 Å². The number of anilines is 1. The Morgan fingerprint density at radius 1 is 1.50 bits per heavy atom. The zero-order chi connectivity index (χ0) is 11.4. The summed E-state index contributed by atoms with van der Waals surface area (Å²) in [4.78, 5) is 15.5. The first-order valence-corrected chi connectivity index (χ1v) is 5.42. The third-order valence-electron chi connectivity index (χ3n) is 1.91. The minimum atomic E-state index is -0.129. The molecule has 2 aromatic heterocycles. The fraction of sp³-hybridized carbons (Fsp3) is 0.100. The zero-order valence-electron chi connectivity index (χ0n) is 8.30. The molecular weight excluding hydrogens is 272 g/mol. The number of amides is 1. The maximum absolute atomic E-state index is 11.6. The first-order chi connectivity index (χ1) is 7.75. The lowest BCUT2D eigenvalue weighted by Crippen LogP contribution is -2.19. The average Bonchev–Trinajstić information content (AvgIpc) is 2.74. The van der Waals surface area contributed by atoms with Crippen LogP contribution in [0.25, 0.3) is 0 Å². The van der Waals surface area contributed by atoms with E-state index in [-0.39, 0.29) is 12.5 Å². The molecular formula is C10H9BrN4O. The van der Waals surface area contributed by atoms with Gasteiger partial charge in [0.15, 0.2) is 0 Å². The molecule has 0 aliphatic carbocycles. The number of hydrogen-bond donors (Lipinski definition) is 1. The van der Waals surface area contributed by atoms with Crippen molar-refractivity contribution in [1.82, 2.24) is 14.8 Å². The summed E-state index contributed by atoms with van der Waals surface area (Å²) >= 11 is 3.30. The summed E-state index contributed by atoms with van der Waals surface area (Å²) in [6.45, 7) is 0.196. The van der Waals surface area contributed by atoms with E-state index >= 15 is 0 Å². The summed E-state index contributed by atoms with van der Waals surface area (Å²) in [5.74, 6) is -0.129. The van der Waals surface area contributed by atoms with E-state index in [4.69, 9.17) is 0 Å². The number of pyridine rings is 1.